The highest BCUT2D eigenvalue weighted by Gasteiger charge is 2.16. The molecule has 0 radical (unpaired) electrons. The summed E-state index contributed by atoms with van der Waals surface area (Å²) in [6.07, 6.45) is 4.48. The molecule has 0 spiro atoms. The van der Waals surface area contributed by atoms with Crippen molar-refractivity contribution in [3.63, 3.8) is 0 Å². The predicted octanol–water partition coefficient (Wildman–Crippen LogP) is 1.45. The summed E-state index contributed by atoms with van der Waals surface area (Å²) in [4.78, 5) is 6.81. The summed E-state index contributed by atoms with van der Waals surface area (Å²) in [5, 5.41) is 0. The van der Waals surface area contributed by atoms with Crippen LogP contribution in [0.2, 0.25) is 0 Å². The Bertz CT molecular complexity index is 316. The van der Waals surface area contributed by atoms with Crippen molar-refractivity contribution in [3.05, 3.63) is 23.4 Å². The Morgan fingerprint density at radius 1 is 1.43 bits per heavy atom. The highest BCUT2D eigenvalue weighted by Crippen LogP contribution is 2.22. The van der Waals surface area contributed by atoms with Gasteiger partial charge in [0.2, 0.25) is 0 Å². The van der Waals surface area contributed by atoms with E-state index in [9.17, 15) is 0 Å². The fraction of sp³-hybridized carbons (Fsp3) is 0.545. The maximum Gasteiger partial charge on any atom is 0.133 e. The van der Waals surface area contributed by atoms with Crippen molar-refractivity contribution in [1.29, 1.82) is 0 Å². The van der Waals surface area contributed by atoms with Gasteiger partial charge in [0.25, 0.3) is 0 Å². The minimum absolute atomic E-state index is 0.584. The first-order valence-corrected chi connectivity index (χ1v) is 5.22. The molecule has 1 saturated heterocycles. The molecular weight excluding hydrogens is 174 g/mol. The molecule has 0 atom stereocenters. The van der Waals surface area contributed by atoms with E-state index < -0.39 is 0 Å². The lowest BCUT2D eigenvalue weighted by Crippen LogP contribution is -2.21. The third-order valence-electron chi connectivity index (χ3n) is 2.71. The molecule has 1 fully saturated rings. The number of nitrogens with two attached hydrogens (primary N) is 1. The van der Waals surface area contributed by atoms with E-state index in [1.807, 2.05) is 6.20 Å². The van der Waals surface area contributed by atoms with Crippen molar-refractivity contribution in [2.45, 2.75) is 26.3 Å². The average Bonchev–Trinajstić information content (AvgIpc) is 2.70. The zero-order valence-electron chi connectivity index (χ0n) is 8.66. The Balaban J connectivity index is 2.31. The number of hydrogen-bond acceptors (Lipinski definition) is 3. The summed E-state index contributed by atoms with van der Waals surface area (Å²) < 4.78 is 0. The van der Waals surface area contributed by atoms with Crippen molar-refractivity contribution in [2.24, 2.45) is 5.73 Å². The van der Waals surface area contributed by atoms with Gasteiger partial charge in [-0.15, -0.1) is 0 Å². The molecule has 0 saturated carbocycles. The predicted molar refractivity (Wildman–Crippen MR) is 58.3 cm³/mol. The van der Waals surface area contributed by atoms with Crippen molar-refractivity contribution < 1.29 is 0 Å². The summed E-state index contributed by atoms with van der Waals surface area (Å²) in [5.74, 6) is 1.09. The molecule has 1 aromatic rings. The second-order valence-corrected chi connectivity index (χ2v) is 3.89. The molecule has 0 aliphatic carbocycles. The Labute approximate surface area is 84.9 Å². The van der Waals surface area contributed by atoms with Gasteiger partial charge in [-0.2, -0.15) is 0 Å². The van der Waals surface area contributed by atoms with Crippen LogP contribution in [-0.4, -0.2) is 18.1 Å². The van der Waals surface area contributed by atoms with Crippen LogP contribution in [0, 0.1) is 6.92 Å². The molecule has 1 aliphatic rings. The maximum atomic E-state index is 5.72. The molecule has 0 amide bonds. The summed E-state index contributed by atoms with van der Waals surface area (Å²) in [6.45, 7) is 4.90. The number of nitrogens with zero attached hydrogens (tertiary/aromatic N) is 2. The molecule has 2 heterocycles. The quantitative estimate of drug-likeness (QED) is 0.769. The zero-order chi connectivity index (χ0) is 9.97. The minimum Gasteiger partial charge on any atom is -0.356 e. The van der Waals surface area contributed by atoms with Crippen molar-refractivity contribution in [1.82, 2.24) is 4.98 Å². The van der Waals surface area contributed by atoms with E-state index in [1.165, 1.54) is 24.0 Å². The first-order chi connectivity index (χ1) is 6.81. The van der Waals surface area contributed by atoms with Gasteiger partial charge in [-0.05, 0) is 31.4 Å². The van der Waals surface area contributed by atoms with Gasteiger partial charge in [0.15, 0.2) is 0 Å². The highest BCUT2D eigenvalue weighted by atomic mass is 15.2. The number of hydrogen-bond donors (Lipinski definition) is 1. The van der Waals surface area contributed by atoms with Crippen LogP contribution >= 0.6 is 0 Å². The van der Waals surface area contributed by atoms with Gasteiger partial charge >= 0.3 is 0 Å². The van der Waals surface area contributed by atoms with Crippen LogP contribution in [0.5, 0.6) is 0 Å². The molecular formula is C11H17N3. The normalized spacial score (nSPS) is 16.3. The fourth-order valence-corrected chi connectivity index (χ4v) is 1.99. The van der Waals surface area contributed by atoms with Crippen LogP contribution in [0.25, 0.3) is 0 Å². The molecule has 2 rings (SSSR count). The Morgan fingerprint density at radius 2 is 2.14 bits per heavy atom. The van der Waals surface area contributed by atoms with E-state index >= 15 is 0 Å². The first kappa shape index (κ1) is 9.46. The van der Waals surface area contributed by atoms with Crippen LogP contribution in [0.3, 0.4) is 0 Å². The molecule has 1 aliphatic heterocycles. The van der Waals surface area contributed by atoms with Gasteiger partial charge < -0.3 is 10.6 Å². The van der Waals surface area contributed by atoms with Crippen molar-refractivity contribution in [3.8, 4) is 0 Å². The lowest BCUT2D eigenvalue weighted by Gasteiger charge is -2.19. The summed E-state index contributed by atoms with van der Waals surface area (Å²) in [5.41, 5.74) is 8.08. The molecule has 2 N–H and O–H groups in total. The second kappa shape index (κ2) is 3.96. The van der Waals surface area contributed by atoms with Gasteiger partial charge in [0.1, 0.15) is 5.82 Å². The van der Waals surface area contributed by atoms with Crippen LogP contribution < -0.4 is 10.6 Å². The van der Waals surface area contributed by atoms with Gasteiger partial charge in [-0.3, -0.25) is 0 Å². The van der Waals surface area contributed by atoms with Crippen LogP contribution in [0.15, 0.2) is 12.3 Å². The number of rotatable bonds is 2. The standard InChI is InChI=1S/C11H17N3/c1-9-6-10(7-12)11(13-8-9)14-4-2-3-5-14/h6,8H,2-5,7,12H2,1H3. The monoisotopic (exact) mass is 191 g/mol. The molecule has 0 bridgehead atoms. The van der Waals surface area contributed by atoms with E-state index in [-0.39, 0.29) is 0 Å². The molecule has 14 heavy (non-hydrogen) atoms. The van der Waals surface area contributed by atoms with E-state index in [2.05, 4.69) is 22.9 Å². The summed E-state index contributed by atoms with van der Waals surface area (Å²) >= 11 is 0. The van der Waals surface area contributed by atoms with Gasteiger partial charge in [0.05, 0.1) is 0 Å². The van der Waals surface area contributed by atoms with Gasteiger partial charge in [-0.1, -0.05) is 0 Å². The van der Waals surface area contributed by atoms with E-state index in [1.54, 1.807) is 0 Å². The molecule has 0 aromatic carbocycles. The SMILES string of the molecule is Cc1cnc(N2CCCC2)c(CN)c1. The third-order valence-corrected chi connectivity index (χ3v) is 2.71. The van der Waals surface area contributed by atoms with Crippen LogP contribution in [0.1, 0.15) is 24.0 Å². The maximum absolute atomic E-state index is 5.72. The highest BCUT2D eigenvalue weighted by molar-refractivity contribution is 5.48. The second-order valence-electron chi connectivity index (χ2n) is 3.89. The smallest absolute Gasteiger partial charge is 0.133 e. The Morgan fingerprint density at radius 3 is 2.79 bits per heavy atom. The molecule has 3 heteroatoms. The largest absolute Gasteiger partial charge is 0.356 e. The number of anilines is 1. The van der Waals surface area contributed by atoms with E-state index in [0.717, 1.165) is 18.9 Å². The Hall–Kier alpha value is -1.09. The van der Waals surface area contributed by atoms with Gasteiger partial charge in [0, 0.05) is 31.4 Å². The summed E-state index contributed by atoms with van der Waals surface area (Å²) in [7, 11) is 0. The van der Waals surface area contributed by atoms with Gasteiger partial charge in [-0.25, -0.2) is 4.98 Å². The lowest BCUT2D eigenvalue weighted by atomic mass is 10.2. The average molecular weight is 191 g/mol. The Kier molecular flexibility index (Phi) is 2.68. The van der Waals surface area contributed by atoms with Crippen molar-refractivity contribution >= 4 is 5.82 Å². The fourth-order valence-electron chi connectivity index (χ4n) is 1.99. The zero-order valence-corrected chi connectivity index (χ0v) is 8.66. The molecule has 0 unspecified atom stereocenters. The number of aromatic nitrogens is 1. The molecule has 1 aromatic heterocycles. The lowest BCUT2D eigenvalue weighted by molar-refractivity contribution is 0.903. The first-order valence-electron chi connectivity index (χ1n) is 5.22. The van der Waals surface area contributed by atoms with Crippen molar-refractivity contribution in [2.75, 3.05) is 18.0 Å². The third kappa shape index (κ3) is 1.73. The molecule has 3 nitrogen and oxygen atoms in total. The topological polar surface area (TPSA) is 42.2 Å². The van der Waals surface area contributed by atoms with Crippen LogP contribution in [-0.2, 0) is 6.54 Å². The number of pyridine rings is 1. The van der Waals surface area contributed by atoms with E-state index in [0.29, 0.717) is 6.54 Å². The van der Waals surface area contributed by atoms with Crippen LogP contribution in [0.4, 0.5) is 5.82 Å². The number of aryl methyl sites for hydroxylation is 1. The molecule has 76 valence electrons. The summed E-state index contributed by atoms with van der Waals surface area (Å²) in [6, 6.07) is 2.14. The van der Waals surface area contributed by atoms with E-state index in [4.69, 9.17) is 5.73 Å². The minimum atomic E-state index is 0.584.